The number of carboxylic acids is 1. The molecular weight excluding hydrogens is 286 g/mol. The number of para-hydroxylation sites is 1. The first kappa shape index (κ1) is 16.3. The fourth-order valence-corrected chi connectivity index (χ4v) is 1.51. The first-order valence-corrected chi connectivity index (χ1v) is 6.37. The van der Waals surface area contributed by atoms with Crippen LogP contribution in [-0.2, 0) is 14.3 Å². The van der Waals surface area contributed by atoms with E-state index < -0.39 is 12.1 Å². The van der Waals surface area contributed by atoms with E-state index in [1.807, 2.05) is 0 Å². The van der Waals surface area contributed by atoms with Gasteiger partial charge in [0.15, 0.2) is 6.10 Å². The van der Waals surface area contributed by atoms with E-state index >= 15 is 0 Å². The summed E-state index contributed by atoms with van der Waals surface area (Å²) in [5.41, 5.74) is 0. The van der Waals surface area contributed by atoms with Gasteiger partial charge in [-0.15, -0.1) is 0 Å². The minimum Gasteiger partial charge on any atom is -0.480 e. The van der Waals surface area contributed by atoms with Crippen molar-refractivity contribution >= 4 is 23.5 Å². The number of carbonyl (C=O) groups is 2. The van der Waals surface area contributed by atoms with Gasteiger partial charge in [0, 0.05) is 6.54 Å². The molecule has 0 saturated carbocycles. The first-order chi connectivity index (χ1) is 9.50. The van der Waals surface area contributed by atoms with E-state index in [1.54, 1.807) is 31.2 Å². The second-order valence-electron chi connectivity index (χ2n) is 3.93. The summed E-state index contributed by atoms with van der Waals surface area (Å²) in [6.45, 7) is 1.54. The van der Waals surface area contributed by atoms with E-state index in [0.29, 0.717) is 10.8 Å². The standard InChI is InChI=1S/C13H16ClNO5/c1-9(20-11-5-3-2-4-10(11)14)13(18)15-6-7-19-8-12(16)17/h2-5,9H,6-8H2,1H3,(H,15,18)(H,16,17). The number of rotatable bonds is 8. The van der Waals surface area contributed by atoms with Gasteiger partial charge in [-0.3, -0.25) is 4.79 Å². The molecule has 0 saturated heterocycles. The Hall–Kier alpha value is -1.79. The summed E-state index contributed by atoms with van der Waals surface area (Å²) in [7, 11) is 0. The van der Waals surface area contributed by atoms with Gasteiger partial charge < -0.3 is 19.9 Å². The van der Waals surface area contributed by atoms with Crippen molar-refractivity contribution in [2.75, 3.05) is 19.8 Å². The van der Waals surface area contributed by atoms with E-state index in [9.17, 15) is 9.59 Å². The van der Waals surface area contributed by atoms with Crippen LogP contribution in [0.2, 0.25) is 5.02 Å². The zero-order valence-electron chi connectivity index (χ0n) is 11.0. The Kier molecular flexibility index (Phi) is 6.83. The molecule has 7 heteroatoms. The smallest absolute Gasteiger partial charge is 0.329 e. The number of ether oxygens (including phenoxy) is 2. The molecule has 6 nitrogen and oxygen atoms in total. The Balaban J connectivity index is 2.29. The average molecular weight is 302 g/mol. The van der Waals surface area contributed by atoms with Gasteiger partial charge in [0.2, 0.25) is 0 Å². The molecule has 2 N–H and O–H groups in total. The van der Waals surface area contributed by atoms with Gasteiger partial charge >= 0.3 is 5.97 Å². The summed E-state index contributed by atoms with van der Waals surface area (Å²) in [6, 6.07) is 6.86. The Morgan fingerprint density at radius 3 is 2.75 bits per heavy atom. The number of halogens is 1. The van der Waals surface area contributed by atoms with Crippen molar-refractivity contribution in [1.82, 2.24) is 5.32 Å². The minimum atomic E-state index is -1.05. The predicted octanol–water partition coefficient (Wildman–Crippen LogP) is 1.32. The monoisotopic (exact) mass is 301 g/mol. The quantitative estimate of drug-likeness (QED) is 0.708. The zero-order valence-corrected chi connectivity index (χ0v) is 11.7. The Morgan fingerprint density at radius 1 is 1.40 bits per heavy atom. The van der Waals surface area contributed by atoms with Crippen molar-refractivity contribution < 1.29 is 24.2 Å². The Labute approximate surface area is 121 Å². The Bertz CT molecular complexity index is 466. The average Bonchev–Trinajstić information content (AvgIpc) is 2.40. The normalized spacial score (nSPS) is 11.7. The van der Waals surface area contributed by atoms with Crippen molar-refractivity contribution in [2.45, 2.75) is 13.0 Å². The maximum atomic E-state index is 11.7. The minimum absolute atomic E-state index is 0.122. The van der Waals surface area contributed by atoms with Crippen LogP contribution in [0, 0.1) is 0 Å². The summed E-state index contributed by atoms with van der Waals surface area (Å²) in [6.07, 6.45) is -0.714. The van der Waals surface area contributed by atoms with Gasteiger partial charge in [-0.1, -0.05) is 23.7 Å². The highest BCUT2D eigenvalue weighted by molar-refractivity contribution is 6.32. The molecule has 1 amide bonds. The lowest BCUT2D eigenvalue weighted by Gasteiger charge is -2.15. The van der Waals surface area contributed by atoms with E-state index in [-0.39, 0.29) is 25.7 Å². The number of aliphatic carboxylic acids is 1. The summed E-state index contributed by atoms with van der Waals surface area (Å²) in [5.74, 6) is -0.950. The highest BCUT2D eigenvalue weighted by Crippen LogP contribution is 2.24. The molecule has 1 aromatic rings. The molecule has 0 aliphatic rings. The largest absolute Gasteiger partial charge is 0.480 e. The number of hydrogen-bond donors (Lipinski definition) is 2. The molecule has 20 heavy (non-hydrogen) atoms. The highest BCUT2D eigenvalue weighted by atomic mass is 35.5. The van der Waals surface area contributed by atoms with Gasteiger partial charge in [-0.05, 0) is 19.1 Å². The second kappa shape index (κ2) is 8.39. The lowest BCUT2D eigenvalue weighted by molar-refractivity contribution is -0.142. The third-order valence-electron chi connectivity index (χ3n) is 2.28. The molecule has 0 radical (unpaired) electrons. The van der Waals surface area contributed by atoms with Crippen molar-refractivity contribution in [3.63, 3.8) is 0 Å². The molecule has 1 aromatic carbocycles. The summed E-state index contributed by atoms with van der Waals surface area (Å²) >= 11 is 5.92. The van der Waals surface area contributed by atoms with Crippen LogP contribution in [0.25, 0.3) is 0 Å². The maximum absolute atomic E-state index is 11.7. The fraction of sp³-hybridized carbons (Fsp3) is 0.385. The van der Waals surface area contributed by atoms with Crippen molar-refractivity contribution in [2.24, 2.45) is 0 Å². The van der Waals surface area contributed by atoms with Gasteiger partial charge in [-0.25, -0.2) is 4.79 Å². The zero-order chi connectivity index (χ0) is 15.0. The second-order valence-corrected chi connectivity index (χ2v) is 4.34. The SMILES string of the molecule is CC(Oc1ccccc1Cl)C(=O)NCCOCC(=O)O. The van der Waals surface area contributed by atoms with E-state index in [0.717, 1.165) is 0 Å². The summed E-state index contributed by atoms with van der Waals surface area (Å²) in [4.78, 5) is 21.9. The third kappa shape index (κ3) is 5.90. The molecule has 1 rings (SSSR count). The van der Waals surface area contributed by atoms with E-state index in [4.69, 9.17) is 26.2 Å². The lowest BCUT2D eigenvalue weighted by atomic mass is 10.3. The fourth-order valence-electron chi connectivity index (χ4n) is 1.33. The molecule has 0 aliphatic carbocycles. The summed E-state index contributed by atoms with van der Waals surface area (Å²) in [5, 5.41) is 11.4. The topological polar surface area (TPSA) is 84.9 Å². The molecular formula is C13H16ClNO5. The van der Waals surface area contributed by atoms with E-state index in [2.05, 4.69) is 5.32 Å². The van der Waals surface area contributed by atoms with Crippen LogP contribution < -0.4 is 10.1 Å². The van der Waals surface area contributed by atoms with Crippen LogP contribution in [0.5, 0.6) is 5.75 Å². The van der Waals surface area contributed by atoms with Crippen LogP contribution in [-0.4, -0.2) is 42.8 Å². The Morgan fingerprint density at radius 2 is 2.10 bits per heavy atom. The molecule has 0 aromatic heterocycles. The molecule has 0 bridgehead atoms. The van der Waals surface area contributed by atoms with Crippen molar-refractivity contribution in [3.05, 3.63) is 29.3 Å². The predicted molar refractivity (Wildman–Crippen MR) is 73.0 cm³/mol. The number of amides is 1. The van der Waals surface area contributed by atoms with Crippen LogP contribution >= 0.6 is 11.6 Å². The maximum Gasteiger partial charge on any atom is 0.329 e. The number of benzene rings is 1. The number of nitrogens with one attached hydrogen (secondary N) is 1. The number of carboxylic acid groups (broad SMARTS) is 1. The molecule has 0 aliphatic heterocycles. The third-order valence-corrected chi connectivity index (χ3v) is 2.59. The van der Waals surface area contributed by atoms with Crippen LogP contribution in [0.4, 0.5) is 0 Å². The van der Waals surface area contributed by atoms with Crippen LogP contribution in [0.1, 0.15) is 6.92 Å². The highest BCUT2D eigenvalue weighted by Gasteiger charge is 2.15. The molecule has 1 unspecified atom stereocenters. The molecule has 1 atom stereocenters. The van der Waals surface area contributed by atoms with Gasteiger partial charge in [-0.2, -0.15) is 0 Å². The molecule has 0 fully saturated rings. The number of carbonyl (C=O) groups excluding carboxylic acids is 1. The first-order valence-electron chi connectivity index (χ1n) is 5.99. The molecule has 0 spiro atoms. The molecule has 0 heterocycles. The van der Waals surface area contributed by atoms with Crippen LogP contribution in [0.15, 0.2) is 24.3 Å². The number of hydrogen-bond acceptors (Lipinski definition) is 4. The van der Waals surface area contributed by atoms with Gasteiger partial charge in [0.25, 0.3) is 5.91 Å². The lowest BCUT2D eigenvalue weighted by Crippen LogP contribution is -2.38. The van der Waals surface area contributed by atoms with Crippen molar-refractivity contribution in [3.8, 4) is 5.75 Å². The van der Waals surface area contributed by atoms with Crippen molar-refractivity contribution in [1.29, 1.82) is 0 Å². The summed E-state index contributed by atoms with van der Waals surface area (Å²) < 4.78 is 10.2. The van der Waals surface area contributed by atoms with Gasteiger partial charge in [0.1, 0.15) is 12.4 Å². The van der Waals surface area contributed by atoms with E-state index in [1.165, 1.54) is 0 Å². The van der Waals surface area contributed by atoms with Gasteiger partial charge in [0.05, 0.1) is 11.6 Å². The molecule has 110 valence electrons. The van der Waals surface area contributed by atoms with Crippen LogP contribution in [0.3, 0.4) is 0 Å².